The van der Waals surface area contributed by atoms with Gasteiger partial charge in [0.15, 0.2) is 11.6 Å². The molecule has 2 heteroatoms. The Balaban J connectivity index is 2.42. The van der Waals surface area contributed by atoms with Crippen molar-refractivity contribution in [3.05, 3.63) is 58.2 Å². The van der Waals surface area contributed by atoms with E-state index in [2.05, 4.69) is 33.8 Å². The van der Waals surface area contributed by atoms with E-state index in [0.717, 1.165) is 19.3 Å². The molecule has 0 saturated carbocycles. The lowest BCUT2D eigenvalue weighted by atomic mass is 9.71. The molecule has 0 radical (unpaired) electrons. The average molecular weight is 310 g/mol. The summed E-state index contributed by atoms with van der Waals surface area (Å²) in [7, 11) is 0. The third kappa shape index (κ3) is 3.36. The molecule has 0 N–H and O–H groups in total. The molecule has 0 bridgehead atoms. The van der Waals surface area contributed by atoms with Crippen molar-refractivity contribution in [3.63, 3.8) is 0 Å². The predicted molar refractivity (Wildman–Crippen MR) is 94.9 cm³/mol. The maximum absolute atomic E-state index is 13.0. The largest absolute Gasteiger partial charge is 0.289 e. The Hall–Kier alpha value is -1.96. The molecule has 1 aromatic rings. The van der Waals surface area contributed by atoms with E-state index in [1.165, 1.54) is 5.57 Å². The predicted octanol–water partition coefficient (Wildman–Crippen LogP) is 5.54. The maximum atomic E-state index is 13.0. The molecule has 122 valence electrons. The van der Waals surface area contributed by atoms with Crippen molar-refractivity contribution in [3.8, 4) is 0 Å². The SMILES string of the molecule is CCC/C(C)=C/CC(C)(C)C1=C(C)C(=O)c2ccccc2C1=O. The van der Waals surface area contributed by atoms with Gasteiger partial charge in [-0.3, -0.25) is 9.59 Å². The number of Topliss-reactive ketones (excluding diaryl/α,β-unsaturated/α-hetero) is 2. The summed E-state index contributed by atoms with van der Waals surface area (Å²) in [6.45, 7) is 10.2. The highest BCUT2D eigenvalue weighted by Crippen LogP contribution is 2.39. The quantitative estimate of drug-likeness (QED) is 0.669. The van der Waals surface area contributed by atoms with Crippen LogP contribution in [-0.4, -0.2) is 11.6 Å². The van der Waals surface area contributed by atoms with Gasteiger partial charge in [0.25, 0.3) is 0 Å². The lowest BCUT2D eigenvalue weighted by molar-refractivity contribution is 0.0954. The summed E-state index contributed by atoms with van der Waals surface area (Å²) < 4.78 is 0. The summed E-state index contributed by atoms with van der Waals surface area (Å²) in [6.07, 6.45) is 5.17. The second kappa shape index (κ2) is 6.66. The first-order chi connectivity index (χ1) is 10.8. The van der Waals surface area contributed by atoms with E-state index in [1.807, 2.05) is 12.1 Å². The number of carbonyl (C=O) groups excluding carboxylic acids is 2. The number of allylic oxidation sites excluding steroid dienone is 4. The number of hydrogen-bond donors (Lipinski definition) is 0. The van der Waals surface area contributed by atoms with Crippen LogP contribution in [0.3, 0.4) is 0 Å². The molecule has 0 aliphatic heterocycles. The lowest BCUT2D eigenvalue weighted by Crippen LogP contribution is -2.29. The molecule has 0 atom stereocenters. The molecule has 2 rings (SSSR count). The minimum absolute atomic E-state index is 0.00393. The standard InChI is InChI=1S/C21H26O2/c1-6-9-14(2)12-13-21(4,5)18-15(3)19(22)16-10-7-8-11-17(16)20(18)23/h7-8,10-12H,6,9,13H2,1-5H3/b14-12+. The van der Waals surface area contributed by atoms with E-state index < -0.39 is 0 Å². The van der Waals surface area contributed by atoms with Crippen molar-refractivity contribution in [2.75, 3.05) is 0 Å². The van der Waals surface area contributed by atoms with Crippen molar-refractivity contribution in [1.82, 2.24) is 0 Å². The van der Waals surface area contributed by atoms with Gasteiger partial charge in [0.1, 0.15) is 0 Å². The third-order valence-electron chi connectivity index (χ3n) is 4.64. The van der Waals surface area contributed by atoms with E-state index >= 15 is 0 Å². The zero-order valence-electron chi connectivity index (χ0n) is 14.8. The van der Waals surface area contributed by atoms with Crippen LogP contribution in [0.5, 0.6) is 0 Å². The Labute approximate surface area is 139 Å². The van der Waals surface area contributed by atoms with Gasteiger partial charge in [0, 0.05) is 22.3 Å². The highest BCUT2D eigenvalue weighted by atomic mass is 16.1. The van der Waals surface area contributed by atoms with Crippen LogP contribution < -0.4 is 0 Å². The van der Waals surface area contributed by atoms with Crippen LogP contribution in [-0.2, 0) is 0 Å². The smallest absolute Gasteiger partial charge is 0.190 e. The first kappa shape index (κ1) is 17.4. The topological polar surface area (TPSA) is 34.1 Å². The molecule has 0 spiro atoms. The molecular formula is C21H26O2. The van der Waals surface area contributed by atoms with Gasteiger partial charge in [0.2, 0.25) is 0 Å². The van der Waals surface area contributed by atoms with Crippen molar-refractivity contribution in [2.45, 2.75) is 53.9 Å². The van der Waals surface area contributed by atoms with Crippen LogP contribution >= 0.6 is 0 Å². The van der Waals surface area contributed by atoms with Gasteiger partial charge in [-0.25, -0.2) is 0 Å². The van der Waals surface area contributed by atoms with Gasteiger partial charge >= 0.3 is 0 Å². The molecule has 1 aliphatic carbocycles. The molecule has 0 heterocycles. The molecular weight excluding hydrogens is 284 g/mol. The maximum Gasteiger partial charge on any atom is 0.190 e. The minimum atomic E-state index is -0.348. The average Bonchev–Trinajstić information content (AvgIpc) is 2.51. The van der Waals surface area contributed by atoms with E-state index in [0.29, 0.717) is 22.3 Å². The molecule has 0 aromatic heterocycles. The Morgan fingerprint density at radius 3 is 2.22 bits per heavy atom. The molecule has 0 amide bonds. The Kier molecular flexibility index (Phi) is 5.03. The summed E-state index contributed by atoms with van der Waals surface area (Å²) in [6, 6.07) is 7.13. The molecule has 23 heavy (non-hydrogen) atoms. The van der Waals surface area contributed by atoms with Gasteiger partial charge in [-0.1, -0.05) is 63.1 Å². The van der Waals surface area contributed by atoms with Gasteiger partial charge < -0.3 is 0 Å². The zero-order chi connectivity index (χ0) is 17.2. The highest BCUT2D eigenvalue weighted by molar-refractivity contribution is 6.27. The first-order valence-electron chi connectivity index (χ1n) is 8.35. The number of fused-ring (bicyclic) bond motifs is 1. The first-order valence-corrected chi connectivity index (χ1v) is 8.35. The lowest BCUT2D eigenvalue weighted by Gasteiger charge is -2.31. The second-order valence-corrected chi connectivity index (χ2v) is 7.09. The zero-order valence-corrected chi connectivity index (χ0v) is 14.8. The molecule has 0 fully saturated rings. The van der Waals surface area contributed by atoms with Crippen molar-refractivity contribution in [1.29, 1.82) is 0 Å². The molecule has 0 unspecified atom stereocenters. The number of carbonyl (C=O) groups is 2. The summed E-state index contributed by atoms with van der Waals surface area (Å²) in [5.41, 5.74) is 3.34. The molecule has 1 aromatic carbocycles. The summed E-state index contributed by atoms with van der Waals surface area (Å²) in [5, 5.41) is 0. The summed E-state index contributed by atoms with van der Waals surface area (Å²) >= 11 is 0. The fraction of sp³-hybridized carbons (Fsp3) is 0.429. The molecule has 1 aliphatic rings. The minimum Gasteiger partial charge on any atom is -0.289 e. The summed E-state index contributed by atoms with van der Waals surface area (Å²) in [5.74, 6) is -0.0122. The van der Waals surface area contributed by atoms with Crippen LogP contribution in [0, 0.1) is 5.41 Å². The van der Waals surface area contributed by atoms with Gasteiger partial charge in [0.05, 0.1) is 0 Å². The fourth-order valence-electron chi connectivity index (χ4n) is 3.34. The fourth-order valence-corrected chi connectivity index (χ4v) is 3.34. The van der Waals surface area contributed by atoms with Crippen LogP contribution in [0.1, 0.15) is 74.6 Å². The van der Waals surface area contributed by atoms with Crippen molar-refractivity contribution in [2.24, 2.45) is 5.41 Å². The second-order valence-electron chi connectivity index (χ2n) is 7.09. The van der Waals surface area contributed by atoms with Gasteiger partial charge in [-0.05, 0) is 32.1 Å². The van der Waals surface area contributed by atoms with Gasteiger partial charge in [-0.15, -0.1) is 0 Å². The van der Waals surface area contributed by atoms with Crippen LogP contribution in [0.4, 0.5) is 0 Å². The Bertz CT molecular complexity index is 702. The number of ketones is 2. The van der Waals surface area contributed by atoms with E-state index in [-0.39, 0.29) is 17.0 Å². The van der Waals surface area contributed by atoms with Crippen LogP contribution in [0.2, 0.25) is 0 Å². The highest BCUT2D eigenvalue weighted by Gasteiger charge is 2.37. The monoisotopic (exact) mass is 310 g/mol. The van der Waals surface area contributed by atoms with E-state index in [1.54, 1.807) is 19.1 Å². The van der Waals surface area contributed by atoms with Crippen LogP contribution in [0.25, 0.3) is 0 Å². The van der Waals surface area contributed by atoms with Gasteiger partial charge in [-0.2, -0.15) is 0 Å². The molecule has 2 nitrogen and oxygen atoms in total. The van der Waals surface area contributed by atoms with E-state index in [9.17, 15) is 9.59 Å². The van der Waals surface area contributed by atoms with Crippen molar-refractivity contribution >= 4 is 11.6 Å². The van der Waals surface area contributed by atoms with Crippen LogP contribution in [0.15, 0.2) is 47.1 Å². The Morgan fingerprint density at radius 1 is 1.09 bits per heavy atom. The number of hydrogen-bond acceptors (Lipinski definition) is 2. The van der Waals surface area contributed by atoms with E-state index in [4.69, 9.17) is 0 Å². The normalized spacial score (nSPS) is 16.0. The number of rotatable bonds is 5. The third-order valence-corrected chi connectivity index (χ3v) is 4.64. The Morgan fingerprint density at radius 2 is 1.65 bits per heavy atom. The van der Waals surface area contributed by atoms with Crippen molar-refractivity contribution < 1.29 is 9.59 Å². The number of benzene rings is 1. The molecule has 0 saturated heterocycles. The summed E-state index contributed by atoms with van der Waals surface area (Å²) in [4.78, 5) is 25.6.